The molecule has 1 rings (SSSR count). The molecule has 7 nitrogen and oxygen atoms in total. The highest BCUT2D eigenvalue weighted by atomic mass is 35.5. The number of methoxy groups -OCH3 is 1. The molecular formula is C16H23ClN2O5. The van der Waals surface area contributed by atoms with Crippen molar-refractivity contribution in [2.75, 3.05) is 26.9 Å². The Kier molecular flexibility index (Phi) is 8.35. The first-order valence-corrected chi connectivity index (χ1v) is 7.91. The van der Waals surface area contributed by atoms with Gasteiger partial charge in [-0.1, -0.05) is 11.6 Å². The lowest BCUT2D eigenvalue weighted by Gasteiger charge is -2.13. The van der Waals surface area contributed by atoms with Gasteiger partial charge in [-0.05, 0) is 32.4 Å². The Morgan fingerprint density at radius 2 is 2.04 bits per heavy atom. The summed E-state index contributed by atoms with van der Waals surface area (Å²) in [5.41, 5.74) is 5.36. The highest BCUT2D eigenvalue weighted by Crippen LogP contribution is 2.36. The van der Waals surface area contributed by atoms with Crippen LogP contribution in [-0.4, -0.2) is 44.8 Å². The van der Waals surface area contributed by atoms with E-state index in [1.807, 2.05) is 13.8 Å². The summed E-state index contributed by atoms with van der Waals surface area (Å²) in [6.07, 6.45) is 0.867. The molecule has 24 heavy (non-hydrogen) atoms. The van der Waals surface area contributed by atoms with E-state index in [1.54, 1.807) is 0 Å². The second-order valence-electron chi connectivity index (χ2n) is 5.27. The van der Waals surface area contributed by atoms with E-state index in [0.29, 0.717) is 25.1 Å². The van der Waals surface area contributed by atoms with Crippen LogP contribution >= 0.6 is 11.6 Å². The molecule has 1 aromatic carbocycles. The van der Waals surface area contributed by atoms with Crippen molar-refractivity contribution in [2.45, 2.75) is 26.4 Å². The number of hydrogen-bond acceptors (Lipinski definition) is 5. The lowest BCUT2D eigenvalue weighted by atomic mass is 10.2. The van der Waals surface area contributed by atoms with Crippen molar-refractivity contribution >= 4 is 23.4 Å². The standard InChI is InChI=1S/C16H23ClN2O5/c1-10(2)23-6-4-5-19-16(21)11-7-12(17)15(13(8-11)22-3)24-9-14(18)20/h7-8,10H,4-6,9H2,1-3H3,(H2,18,20)(H,19,21). The maximum absolute atomic E-state index is 12.2. The third-order valence-corrected chi connectivity index (χ3v) is 3.19. The molecule has 0 atom stereocenters. The minimum Gasteiger partial charge on any atom is -0.493 e. The molecule has 0 bridgehead atoms. The van der Waals surface area contributed by atoms with E-state index < -0.39 is 5.91 Å². The topological polar surface area (TPSA) is 99.9 Å². The molecule has 0 fully saturated rings. The molecule has 0 unspecified atom stereocenters. The van der Waals surface area contributed by atoms with Crippen LogP contribution in [0.25, 0.3) is 0 Å². The number of rotatable bonds is 10. The first-order valence-electron chi connectivity index (χ1n) is 7.53. The Morgan fingerprint density at radius 3 is 2.62 bits per heavy atom. The van der Waals surface area contributed by atoms with E-state index in [1.165, 1.54) is 19.2 Å². The normalized spacial score (nSPS) is 10.5. The molecule has 0 radical (unpaired) electrons. The maximum atomic E-state index is 12.2. The summed E-state index contributed by atoms with van der Waals surface area (Å²) in [6.45, 7) is 4.62. The second-order valence-corrected chi connectivity index (χ2v) is 5.68. The van der Waals surface area contributed by atoms with Gasteiger partial charge in [0.1, 0.15) is 0 Å². The van der Waals surface area contributed by atoms with E-state index in [0.717, 1.165) is 0 Å². The van der Waals surface area contributed by atoms with Gasteiger partial charge < -0.3 is 25.3 Å². The molecule has 3 N–H and O–H groups in total. The first-order chi connectivity index (χ1) is 11.3. The molecule has 0 heterocycles. The van der Waals surface area contributed by atoms with E-state index >= 15 is 0 Å². The van der Waals surface area contributed by atoms with Crippen molar-refractivity contribution in [1.29, 1.82) is 0 Å². The van der Waals surface area contributed by atoms with Gasteiger partial charge in [-0.25, -0.2) is 0 Å². The Morgan fingerprint density at radius 1 is 1.33 bits per heavy atom. The van der Waals surface area contributed by atoms with E-state index in [4.69, 9.17) is 31.5 Å². The molecule has 0 aliphatic heterocycles. The summed E-state index contributed by atoms with van der Waals surface area (Å²) in [7, 11) is 1.41. The number of nitrogens with two attached hydrogens (primary N) is 1. The van der Waals surface area contributed by atoms with E-state index in [9.17, 15) is 9.59 Å². The van der Waals surface area contributed by atoms with Crippen LogP contribution in [0.4, 0.5) is 0 Å². The van der Waals surface area contributed by atoms with Crippen LogP contribution in [0.5, 0.6) is 11.5 Å². The van der Waals surface area contributed by atoms with Crippen LogP contribution in [0.3, 0.4) is 0 Å². The van der Waals surface area contributed by atoms with Gasteiger partial charge in [-0.3, -0.25) is 9.59 Å². The van der Waals surface area contributed by atoms with Gasteiger partial charge in [0, 0.05) is 18.7 Å². The molecule has 8 heteroatoms. The van der Waals surface area contributed by atoms with Gasteiger partial charge in [-0.15, -0.1) is 0 Å². The maximum Gasteiger partial charge on any atom is 0.255 e. The molecule has 0 aliphatic rings. The number of benzene rings is 1. The first kappa shape index (κ1) is 20.1. The van der Waals surface area contributed by atoms with Gasteiger partial charge in [0.05, 0.1) is 18.2 Å². The summed E-state index contributed by atoms with van der Waals surface area (Å²) in [5.74, 6) is -0.517. The third-order valence-electron chi connectivity index (χ3n) is 2.91. The van der Waals surface area contributed by atoms with Crippen LogP contribution in [0.15, 0.2) is 12.1 Å². The highest BCUT2D eigenvalue weighted by Gasteiger charge is 2.16. The fraction of sp³-hybridized carbons (Fsp3) is 0.500. The number of carbonyl (C=O) groups excluding carboxylic acids is 2. The van der Waals surface area contributed by atoms with Crippen LogP contribution in [0.2, 0.25) is 5.02 Å². The zero-order valence-electron chi connectivity index (χ0n) is 14.1. The van der Waals surface area contributed by atoms with Crippen molar-refractivity contribution < 1.29 is 23.8 Å². The van der Waals surface area contributed by atoms with E-state index in [-0.39, 0.29) is 35.1 Å². The molecule has 0 saturated carbocycles. The van der Waals surface area contributed by atoms with Gasteiger partial charge in [-0.2, -0.15) is 0 Å². The Bertz CT molecular complexity index is 578. The van der Waals surface area contributed by atoms with Gasteiger partial charge >= 0.3 is 0 Å². The number of primary amides is 1. The Balaban J connectivity index is 2.69. The molecular weight excluding hydrogens is 336 g/mol. The van der Waals surface area contributed by atoms with Crippen molar-refractivity contribution in [3.63, 3.8) is 0 Å². The largest absolute Gasteiger partial charge is 0.493 e. The number of nitrogens with one attached hydrogen (secondary N) is 1. The lowest BCUT2D eigenvalue weighted by Crippen LogP contribution is -2.25. The number of hydrogen-bond donors (Lipinski definition) is 2. The minimum absolute atomic E-state index is 0.156. The van der Waals surface area contributed by atoms with Gasteiger partial charge in [0.2, 0.25) is 0 Å². The van der Waals surface area contributed by atoms with Crippen LogP contribution < -0.4 is 20.5 Å². The summed E-state index contributed by atoms with van der Waals surface area (Å²) in [4.78, 5) is 23.0. The molecule has 0 aromatic heterocycles. The predicted octanol–water partition coefficient (Wildman–Crippen LogP) is 1.76. The van der Waals surface area contributed by atoms with Crippen molar-refractivity contribution in [1.82, 2.24) is 5.32 Å². The zero-order chi connectivity index (χ0) is 18.1. The molecule has 0 saturated heterocycles. The molecule has 2 amide bonds. The summed E-state index contributed by atoms with van der Waals surface area (Å²) < 4.78 is 15.8. The number of carbonyl (C=O) groups is 2. The fourth-order valence-electron chi connectivity index (χ4n) is 1.83. The number of amides is 2. The van der Waals surface area contributed by atoms with Gasteiger partial charge in [0.25, 0.3) is 11.8 Å². The molecule has 1 aromatic rings. The SMILES string of the molecule is COc1cc(C(=O)NCCCOC(C)C)cc(Cl)c1OCC(N)=O. The minimum atomic E-state index is -0.640. The fourth-order valence-corrected chi connectivity index (χ4v) is 2.09. The quantitative estimate of drug-likeness (QED) is 0.621. The van der Waals surface area contributed by atoms with E-state index in [2.05, 4.69) is 5.32 Å². The second kappa shape index (κ2) is 10.00. The van der Waals surface area contributed by atoms with Crippen molar-refractivity contribution in [3.05, 3.63) is 22.7 Å². The highest BCUT2D eigenvalue weighted by molar-refractivity contribution is 6.32. The monoisotopic (exact) mass is 358 g/mol. The predicted molar refractivity (Wildman–Crippen MR) is 90.7 cm³/mol. The van der Waals surface area contributed by atoms with Crippen LogP contribution in [0.1, 0.15) is 30.6 Å². The van der Waals surface area contributed by atoms with Gasteiger partial charge in [0.15, 0.2) is 18.1 Å². The average molecular weight is 359 g/mol. The number of ether oxygens (including phenoxy) is 3. The Hall–Kier alpha value is -1.99. The van der Waals surface area contributed by atoms with Crippen LogP contribution in [-0.2, 0) is 9.53 Å². The summed E-state index contributed by atoms with van der Waals surface area (Å²) in [5, 5.41) is 2.93. The molecule has 134 valence electrons. The van der Waals surface area contributed by atoms with Crippen molar-refractivity contribution in [3.8, 4) is 11.5 Å². The van der Waals surface area contributed by atoms with Crippen LogP contribution in [0, 0.1) is 0 Å². The zero-order valence-corrected chi connectivity index (χ0v) is 14.8. The third kappa shape index (κ3) is 6.64. The Labute approximate surface area is 146 Å². The summed E-state index contributed by atoms with van der Waals surface area (Å²) >= 11 is 6.10. The lowest BCUT2D eigenvalue weighted by molar-refractivity contribution is -0.119. The van der Waals surface area contributed by atoms with Crippen molar-refractivity contribution in [2.24, 2.45) is 5.73 Å². The molecule has 0 aliphatic carbocycles. The number of halogens is 1. The molecule has 0 spiro atoms. The summed E-state index contributed by atoms with van der Waals surface area (Å²) in [6, 6.07) is 2.93. The average Bonchev–Trinajstić information content (AvgIpc) is 2.51. The smallest absolute Gasteiger partial charge is 0.255 e.